The SMILES string of the molecule is CC(C)n1cnnc1CC(C)C(C)(C)C. The van der Waals surface area contributed by atoms with E-state index >= 15 is 0 Å². The van der Waals surface area contributed by atoms with E-state index in [1.807, 2.05) is 6.33 Å². The summed E-state index contributed by atoms with van der Waals surface area (Å²) in [6, 6.07) is 0.446. The highest BCUT2D eigenvalue weighted by molar-refractivity contribution is 4.91. The molecule has 1 unspecified atom stereocenters. The van der Waals surface area contributed by atoms with Gasteiger partial charge in [0.2, 0.25) is 0 Å². The molecule has 0 aliphatic heterocycles. The fourth-order valence-electron chi connectivity index (χ4n) is 1.42. The van der Waals surface area contributed by atoms with Crippen LogP contribution < -0.4 is 0 Å². The first-order valence-electron chi connectivity index (χ1n) is 5.70. The molecule has 0 saturated heterocycles. The minimum Gasteiger partial charge on any atom is -0.315 e. The van der Waals surface area contributed by atoms with Gasteiger partial charge in [0.05, 0.1) is 0 Å². The van der Waals surface area contributed by atoms with E-state index < -0.39 is 0 Å². The third-order valence-electron chi connectivity index (χ3n) is 3.17. The van der Waals surface area contributed by atoms with E-state index in [1.165, 1.54) is 0 Å². The summed E-state index contributed by atoms with van der Waals surface area (Å²) in [5.74, 6) is 1.71. The van der Waals surface area contributed by atoms with E-state index in [9.17, 15) is 0 Å². The summed E-state index contributed by atoms with van der Waals surface area (Å²) in [6.45, 7) is 13.4. The zero-order valence-corrected chi connectivity index (χ0v) is 10.8. The molecule has 1 aromatic heterocycles. The van der Waals surface area contributed by atoms with E-state index in [1.54, 1.807) is 0 Å². The van der Waals surface area contributed by atoms with Crippen molar-refractivity contribution in [2.24, 2.45) is 11.3 Å². The van der Waals surface area contributed by atoms with Gasteiger partial charge in [-0.3, -0.25) is 0 Å². The van der Waals surface area contributed by atoms with Crippen molar-refractivity contribution in [2.45, 2.75) is 54.0 Å². The van der Waals surface area contributed by atoms with Crippen LogP contribution in [0.2, 0.25) is 0 Å². The lowest BCUT2D eigenvalue weighted by atomic mass is 9.80. The van der Waals surface area contributed by atoms with Crippen molar-refractivity contribution >= 4 is 0 Å². The highest BCUT2D eigenvalue weighted by Crippen LogP contribution is 2.28. The van der Waals surface area contributed by atoms with Gasteiger partial charge in [0.25, 0.3) is 0 Å². The molecule has 0 saturated carbocycles. The predicted octanol–water partition coefficient (Wildman–Crippen LogP) is 3.08. The Hall–Kier alpha value is -0.860. The molecular weight excluding hydrogens is 186 g/mol. The summed E-state index contributed by atoms with van der Waals surface area (Å²) in [4.78, 5) is 0. The molecule has 0 radical (unpaired) electrons. The molecule has 0 fully saturated rings. The lowest BCUT2D eigenvalue weighted by Crippen LogP contribution is -2.21. The summed E-state index contributed by atoms with van der Waals surface area (Å²) in [5, 5.41) is 8.20. The van der Waals surface area contributed by atoms with E-state index in [4.69, 9.17) is 0 Å². The quantitative estimate of drug-likeness (QED) is 0.766. The highest BCUT2D eigenvalue weighted by atomic mass is 15.3. The van der Waals surface area contributed by atoms with E-state index in [0.717, 1.165) is 12.2 Å². The number of hydrogen-bond acceptors (Lipinski definition) is 2. The molecule has 0 bridgehead atoms. The molecule has 0 amide bonds. The molecule has 86 valence electrons. The van der Waals surface area contributed by atoms with Crippen LogP contribution in [0.25, 0.3) is 0 Å². The van der Waals surface area contributed by atoms with Crippen LogP contribution in [0.4, 0.5) is 0 Å². The fraction of sp³-hybridized carbons (Fsp3) is 0.833. The standard InChI is InChI=1S/C12H23N3/c1-9(2)15-8-13-14-11(15)7-10(3)12(4,5)6/h8-10H,7H2,1-6H3. The lowest BCUT2D eigenvalue weighted by molar-refractivity contribution is 0.253. The van der Waals surface area contributed by atoms with Gasteiger partial charge >= 0.3 is 0 Å². The van der Waals surface area contributed by atoms with Gasteiger partial charge in [-0.25, -0.2) is 0 Å². The van der Waals surface area contributed by atoms with Crippen molar-refractivity contribution in [1.29, 1.82) is 0 Å². The molecular formula is C12H23N3. The first-order chi connectivity index (χ1) is 6.82. The fourth-order valence-corrected chi connectivity index (χ4v) is 1.42. The minimum atomic E-state index is 0.327. The molecule has 0 aliphatic carbocycles. The molecule has 0 N–H and O–H groups in total. The Morgan fingerprint density at radius 2 is 1.87 bits per heavy atom. The monoisotopic (exact) mass is 209 g/mol. The van der Waals surface area contributed by atoms with Crippen LogP contribution in [-0.4, -0.2) is 14.8 Å². The van der Waals surface area contributed by atoms with Crippen molar-refractivity contribution in [3.05, 3.63) is 12.2 Å². The maximum Gasteiger partial charge on any atom is 0.133 e. The second-order valence-corrected chi connectivity index (χ2v) is 5.72. The first-order valence-corrected chi connectivity index (χ1v) is 5.70. The summed E-state index contributed by atoms with van der Waals surface area (Å²) >= 11 is 0. The van der Waals surface area contributed by atoms with Gasteiger partial charge in [0.1, 0.15) is 12.2 Å². The van der Waals surface area contributed by atoms with Crippen molar-refractivity contribution in [2.75, 3.05) is 0 Å². The van der Waals surface area contributed by atoms with Crippen LogP contribution in [0.5, 0.6) is 0 Å². The second kappa shape index (κ2) is 4.33. The third kappa shape index (κ3) is 3.05. The third-order valence-corrected chi connectivity index (χ3v) is 3.17. The van der Waals surface area contributed by atoms with Crippen LogP contribution in [0.15, 0.2) is 6.33 Å². The Balaban J connectivity index is 2.77. The molecule has 1 heterocycles. The van der Waals surface area contributed by atoms with Gasteiger partial charge < -0.3 is 4.57 Å². The summed E-state index contributed by atoms with van der Waals surface area (Å²) < 4.78 is 2.15. The van der Waals surface area contributed by atoms with Crippen molar-refractivity contribution in [3.63, 3.8) is 0 Å². The number of hydrogen-bond donors (Lipinski definition) is 0. The zero-order valence-electron chi connectivity index (χ0n) is 10.8. The van der Waals surface area contributed by atoms with Crippen molar-refractivity contribution in [3.8, 4) is 0 Å². The van der Waals surface area contributed by atoms with Gasteiger partial charge in [-0.05, 0) is 25.2 Å². The lowest BCUT2D eigenvalue weighted by Gasteiger charge is -2.27. The Morgan fingerprint density at radius 3 is 2.33 bits per heavy atom. The van der Waals surface area contributed by atoms with Crippen LogP contribution in [0.3, 0.4) is 0 Å². The molecule has 3 nitrogen and oxygen atoms in total. The van der Waals surface area contributed by atoms with E-state index in [-0.39, 0.29) is 0 Å². The molecule has 3 heteroatoms. The van der Waals surface area contributed by atoms with Gasteiger partial charge in [0, 0.05) is 12.5 Å². The van der Waals surface area contributed by atoms with Gasteiger partial charge in [0.15, 0.2) is 0 Å². The van der Waals surface area contributed by atoms with Crippen LogP contribution in [-0.2, 0) is 6.42 Å². The molecule has 0 aliphatic rings. The second-order valence-electron chi connectivity index (χ2n) is 5.72. The van der Waals surface area contributed by atoms with Crippen molar-refractivity contribution < 1.29 is 0 Å². The Bertz CT molecular complexity index is 307. The Kier molecular flexibility index (Phi) is 3.53. The zero-order chi connectivity index (χ0) is 11.6. The average Bonchev–Trinajstić information content (AvgIpc) is 2.50. The molecule has 1 aromatic rings. The smallest absolute Gasteiger partial charge is 0.133 e. The Morgan fingerprint density at radius 1 is 1.27 bits per heavy atom. The van der Waals surface area contributed by atoms with Crippen LogP contribution in [0, 0.1) is 11.3 Å². The molecule has 0 spiro atoms. The van der Waals surface area contributed by atoms with E-state index in [0.29, 0.717) is 17.4 Å². The number of rotatable bonds is 3. The van der Waals surface area contributed by atoms with Crippen LogP contribution >= 0.6 is 0 Å². The Labute approximate surface area is 92.9 Å². The maximum absolute atomic E-state index is 4.20. The summed E-state index contributed by atoms with van der Waals surface area (Å²) in [7, 11) is 0. The minimum absolute atomic E-state index is 0.327. The van der Waals surface area contributed by atoms with Gasteiger partial charge in [-0.15, -0.1) is 10.2 Å². The topological polar surface area (TPSA) is 30.7 Å². The largest absolute Gasteiger partial charge is 0.315 e. The molecule has 0 aromatic carbocycles. The summed E-state index contributed by atoms with van der Waals surface area (Å²) in [5.41, 5.74) is 0.327. The molecule has 1 rings (SSSR count). The molecule has 1 atom stereocenters. The summed E-state index contributed by atoms with van der Waals surface area (Å²) in [6.07, 6.45) is 2.83. The van der Waals surface area contributed by atoms with E-state index in [2.05, 4.69) is 56.3 Å². The predicted molar refractivity (Wildman–Crippen MR) is 62.7 cm³/mol. The van der Waals surface area contributed by atoms with Crippen molar-refractivity contribution in [1.82, 2.24) is 14.8 Å². The normalized spacial score (nSPS) is 14.6. The van der Waals surface area contributed by atoms with Gasteiger partial charge in [-0.1, -0.05) is 27.7 Å². The average molecular weight is 209 g/mol. The maximum atomic E-state index is 4.20. The van der Waals surface area contributed by atoms with Crippen LogP contribution in [0.1, 0.15) is 53.4 Å². The first kappa shape index (κ1) is 12.2. The number of aromatic nitrogens is 3. The number of nitrogens with zero attached hydrogens (tertiary/aromatic N) is 3. The highest BCUT2D eigenvalue weighted by Gasteiger charge is 2.22. The van der Waals surface area contributed by atoms with Gasteiger partial charge in [-0.2, -0.15) is 0 Å². The molecule has 15 heavy (non-hydrogen) atoms.